The lowest BCUT2D eigenvalue weighted by atomic mass is 10.1. The molecule has 0 atom stereocenters. The van der Waals surface area contributed by atoms with Crippen LogP contribution in [0.5, 0.6) is 0 Å². The number of carbonyl (C=O) groups excluding carboxylic acids is 2. The molecule has 0 amide bonds. The van der Waals surface area contributed by atoms with Crippen LogP contribution in [-0.4, -0.2) is 23.1 Å². The fourth-order valence-electron chi connectivity index (χ4n) is 1.84. The number of nitrogen functional groups attached to an aromatic ring is 1. The molecule has 1 aromatic carbocycles. The van der Waals surface area contributed by atoms with Gasteiger partial charge in [-0.3, -0.25) is 0 Å². The number of benzene rings is 1. The van der Waals surface area contributed by atoms with Gasteiger partial charge in [-0.25, -0.2) is 9.59 Å². The first kappa shape index (κ1) is 20.5. The Bertz CT molecular complexity index is 689. The van der Waals surface area contributed by atoms with Crippen molar-refractivity contribution in [2.75, 3.05) is 5.73 Å². The highest BCUT2D eigenvalue weighted by Crippen LogP contribution is 2.18. The maximum atomic E-state index is 11.7. The zero-order chi connectivity index (χ0) is 19.3. The number of hydrogen-bond donors (Lipinski definition) is 1. The smallest absolute Gasteiger partial charge is 0.331 e. The van der Waals surface area contributed by atoms with Crippen LogP contribution in [0, 0.1) is 0 Å². The van der Waals surface area contributed by atoms with Crippen molar-refractivity contribution in [2.45, 2.75) is 52.7 Å². The van der Waals surface area contributed by atoms with Crippen molar-refractivity contribution >= 4 is 29.8 Å². The standard InChI is InChI=1S/C20H27NO4/c1-19(2,3)24-17(22)11-8-14-7-9-15(16(21)13-14)10-12-18(23)25-20(4,5)6/h7-13H,21H2,1-6H3/b11-8+,12-10+. The SMILES string of the molecule is CC(C)(C)OC(=O)/C=C/c1ccc(/C=C/C(=O)OC(C)(C)C)c(N)c1. The molecule has 0 saturated heterocycles. The zero-order valence-corrected chi connectivity index (χ0v) is 15.8. The molecule has 0 bridgehead atoms. The zero-order valence-electron chi connectivity index (χ0n) is 15.8. The lowest BCUT2D eigenvalue weighted by Gasteiger charge is -2.18. The molecule has 0 unspecified atom stereocenters. The maximum absolute atomic E-state index is 11.7. The van der Waals surface area contributed by atoms with E-state index in [4.69, 9.17) is 15.2 Å². The Hall–Kier alpha value is -2.56. The summed E-state index contributed by atoms with van der Waals surface area (Å²) in [6.07, 6.45) is 5.93. The summed E-state index contributed by atoms with van der Waals surface area (Å²) in [4.78, 5) is 23.4. The minimum absolute atomic E-state index is 0.417. The molecule has 0 saturated carbocycles. The predicted molar refractivity (Wildman–Crippen MR) is 101 cm³/mol. The third-order valence-electron chi connectivity index (χ3n) is 2.74. The van der Waals surface area contributed by atoms with Crippen molar-refractivity contribution in [2.24, 2.45) is 0 Å². The van der Waals surface area contributed by atoms with Crippen molar-refractivity contribution in [3.05, 3.63) is 41.5 Å². The van der Waals surface area contributed by atoms with Gasteiger partial charge >= 0.3 is 11.9 Å². The Kier molecular flexibility index (Phi) is 6.56. The summed E-state index contributed by atoms with van der Waals surface area (Å²) in [5.41, 5.74) is 6.87. The summed E-state index contributed by atoms with van der Waals surface area (Å²) < 4.78 is 10.4. The molecule has 0 aromatic heterocycles. The molecule has 5 heteroatoms. The summed E-state index contributed by atoms with van der Waals surface area (Å²) in [6, 6.07) is 5.28. The molecule has 0 aliphatic rings. The fraction of sp³-hybridized carbons (Fsp3) is 0.400. The summed E-state index contributed by atoms with van der Waals surface area (Å²) in [5, 5.41) is 0. The highest BCUT2D eigenvalue weighted by atomic mass is 16.6. The van der Waals surface area contributed by atoms with Gasteiger partial charge < -0.3 is 15.2 Å². The maximum Gasteiger partial charge on any atom is 0.331 e. The van der Waals surface area contributed by atoms with Gasteiger partial charge in [0.2, 0.25) is 0 Å². The topological polar surface area (TPSA) is 78.6 Å². The Morgan fingerprint density at radius 1 is 0.880 bits per heavy atom. The largest absolute Gasteiger partial charge is 0.457 e. The average molecular weight is 345 g/mol. The molecule has 25 heavy (non-hydrogen) atoms. The second-order valence-electron chi connectivity index (χ2n) is 7.62. The molecule has 0 heterocycles. The average Bonchev–Trinajstić information content (AvgIpc) is 2.40. The normalized spacial score (nSPS) is 12.6. The quantitative estimate of drug-likeness (QED) is 0.507. The van der Waals surface area contributed by atoms with Crippen LogP contribution in [0.15, 0.2) is 30.4 Å². The third-order valence-corrected chi connectivity index (χ3v) is 2.74. The van der Waals surface area contributed by atoms with Gasteiger partial charge in [0, 0.05) is 17.8 Å². The van der Waals surface area contributed by atoms with Crippen LogP contribution in [0.3, 0.4) is 0 Å². The number of nitrogens with two attached hydrogens (primary N) is 1. The van der Waals surface area contributed by atoms with Gasteiger partial charge in [-0.15, -0.1) is 0 Å². The first-order chi connectivity index (χ1) is 11.4. The van der Waals surface area contributed by atoms with Crippen molar-refractivity contribution < 1.29 is 19.1 Å². The summed E-state index contributed by atoms with van der Waals surface area (Å²) in [6.45, 7) is 10.8. The van der Waals surface area contributed by atoms with Crippen LogP contribution in [0.2, 0.25) is 0 Å². The minimum atomic E-state index is -0.538. The van der Waals surface area contributed by atoms with E-state index in [9.17, 15) is 9.59 Å². The number of esters is 2. The van der Waals surface area contributed by atoms with E-state index in [2.05, 4.69) is 0 Å². The molecule has 1 rings (SSSR count). The fourth-order valence-corrected chi connectivity index (χ4v) is 1.84. The molecule has 0 radical (unpaired) electrons. The van der Waals surface area contributed by atoms with Gasteiger partial charge in [-0.2, -0.15) is 0 Å². The van der Waals surface area contributed by atoms with E-state index in [1.165, 1.54) is 12.2 Å². The van der Waals surface area contributed by atoms with Crippen LogP contribution >= 0.6 is 0 Å². The van der Waals surface area contributed by atoms with Gasteiger partial charge in [0.1, 0.15) is 11.2 Å². The van der Waals surface area contributed by atoms with E-state index in [0.29, 0.717) is 11.3 Å². The van der Waals surface area contributed by atoms with E-state index in [0.717, 1.165) is 5.56 Å². The summed E-state index contributed by atoms with van der Waals surface area (Å²) in [5.74, 6) is -0.847. The highest BCUT2D eigenvalue weighted by molar-refractivity contribution is 5.89. The third kappa shape index (κ3) is 8.74. The second-order valence-corrected chi connectivity index (χ2v) is 7.62. The van der Waals surface area contributed by atoms with Gasteiger partial charge in [-0.05, 0) is 70.9 Å². The molecule has 0 fully saturated rings. The van der Waals surface area contributed by atoms with Gasteiger partial charge in [0.05, 0.1) is 0 Å². The van der Waals surface area contributed by atoms with Crippen LogP contribution in [-0.2, 0) is 19.1 Å². The first-order valence-corrected chi connectivity index (χ1v) is 8.07. The van der Waals surface area contributed by atoms with Gasteiger partial charge in [0.15, 0.2) is 0 Å². The molecule has 0 spiro atoms. The molecule has 136 valence electrons. The Morgan fingerprint density at radius 3 is 1.80 bits per heavy atom. The van der Waals surface area contributed by atoms with E-state index in [-0.39, 0.29) is 0 Å². The van der Waals surface area contributed by atoms with Crippen LogP contribution in [0.25, 0.3) is 12.2 Å². The molecule has 1 aromatic rings. The molecule has 0 aliphatic carbocycles. The van der Waals surface area contributed by atoms with Crippen molar-refractivity contribution in [3.63, 3.8) is 0 Å². The van der Waals surface area contributed by atoms with Crippen LogP contribution < -0.4 is 5.73 Å². The minimum Gasteiger partial charge on any atom is -0.457 e. The van der Waals surface area contributed by atoms with E-state index in [1.54, 1.807) is 51.1 Å². The van der Waals surface area contributed by atoms with Crippen LogP contribution in [0.1, 0.15) is 52.7 Å². The monoisotopic (exact) mass is 345 g/mol. The van der Waals surface area contributed by atoms with Crippen molar-refractivity contribution in [3.8, 4) is 0 Å². The molecule has 2 N–H and O–H groups in total. The lowest BCUT2D eigenvalue weighted by molar-refractivity contribution is -0.149. The van der Waals surface area contributed by atoms with Crippen LogP contribution in [0.4, 0.5) is 5.69 Å². The first-order valence-electron chi connectivity index (χ1n) is 8.07. The summed E-state index contributed by atoms with van der Waals surface area (Å²) in [7, 11) is 0. The van der Waals surface area contributed by atoms with E-state index >= 15 is 0 Å². The second kappa shape index (κ2) is 8.01. The Balaban J connectivity index is 2.77. The van der Waals surface area contributed by atoms with Crippen molar-refractivity contribution in [1.29, 1.82) is 0 Å². The number of ether oxygens (including phenoxy) is 2. The van der Waals surface area contributed by atoms with Crippen molar-refractivity contribution in [1.82, 2.24) is 0 Å². The number of carbonyl (C=O) groups is 2. The predicted octanol–water partition coefficient (Wildman–Crippen LogP) is 3.98. The van der Waals surface area contributed by atoms with Gasteiger partial charge in [0.25, 0.3) is 0 Å². The van der Waals surface area contributed by atoms with Gasteiger partial charge in [-0.1, -0.05) is 12.1 Å². The Morgan fingerprint density at radius 2 is 1.36 bits per heavy atom. The van der Waals surface area contributed by atoms with E-state index in [1.807, 2.05) is 20.8 Å². The lowest BCUT2D eigenvalue weighted by Crippen LogP contribution is -2.22. The Labute approximate surface area is 149 Å². The number of rotatable bonds is 4. The number of hydrogen-bond acceptors (Lipinski definition) is 5. The molecular weight excluding hydrogens is 318 g/mol. The highest BCUT2D eigenvalue weighted by Gasteiger charge is 2.14. The summed E-state index contributed by atoms with van der Waals surface area (Å²) >= 11 is 0. The molecule has 0 aliphatic heterocycles. The molecular formula is C20H27NO4. The number of anilines is 1. The van der Waals surface area contributed by atoms with E-state index < -0.39 is 23.1 Å². The molecule has 5 nitrogen and oxygen atoms in total.